The van der Waals surface area contributed by atoms with Crippen LogP contribution in [0, 0.1) is 0 Å². The average Bonchev–Trinajstić information content (AvgIpc) is 2.74. The van der Waals surface area contributed by atoms with E-state index in [1.807, 2.05) is 0 Å². The predicted octanol–water partition coefficient (Wildman–Crippen LogP) is 9.21. The molecule has 2 rings (SSSR count). The molecule has 0 aliphatic heterocycles. The van der Waals surface area contributed by atoms with E-state index in [1.54, 1.807) is 2.92 Å². The Labute approximate surface area is 182 Å². The van der Waals surface area contributed by atoms with Gasteiger partial charge in [0.05, 0.1) is 0 Å². The first-order chi connectivity index (χ1) is 13.7. The predicted molar refractivity (Wildman–Crippen MR) is 132 cm³/mol. The molecular weight excluding hydrogens is 463 g/mol. The Balaban J connectivity index is 2.48. The Morgan fingerprint density at radius 3 is 1.64 bits per heavy atom. The molecule has 0 fully saturated rings. The van der Waals surface area contributed by atoms with Gasteiger partial charge in [-0.1, -0.05) is 0 Å². The van der Waals surface area contributed by atoms with Crippen LogP contribution in [0.2, 0.25) is 13.3 Å². The molecule has 28 heavy (non-hydrogen) atoms. The molecule has 0 aliphatic rings. The molecule has 0 unspecified atom stereocenters. The van der Waals surface area contributed by atoms with Gasteiger partial charge in [-0.3, -0.25) is 0 Å². The Hall–Kier alpha value is -0.671. The Morgan fingerprint density at radius 2 is 1.18 bits per heavy atom. The Morgan fingerprint density at radius 1 is 0.714 bits per heavy atom. The molecule has 0 spiro atoms. The summed E-state index contributed by atoms with van der Waals surface area (Å²) in [6.07, 6.45) is 10.8. The van der Waals surface area contributed by atoms with E-state index in [1.165, 1.54) is 62.3 Å². The van der Waals surface area contributed by atoms with Crippen LogP contribution in [0.3, 0.4) is 0 Å². The van der Waals surface area contributed by atoms with Gasteiger partial charge in [0.15, 0.2) is 0 Å². The number of unbranched alkanes of at least 4 members (excludes halogenated alkanes) is 3. The third-order valence-corrected chi connectivity index (χ3v) is 24.9. The van der Waals surface area contributed by atoms with Crippen molar-refractivity contribution in [2.75, 3.05) is 0 Å². The summed E-state index contributed by atoms with van der Waals surface area (Å²) >= 11 is -0.372. The summed E-state index contributed by atoms with van der Waals surface area (Å²) in [7, 11) is 0. The van der Waals surface area contributed by atoms with Crippen LogP contribution in [-0.2, 0) is 0 Å². The first-order valence-electron chi connectivity index (χ1n) is 11.2. The molecule has 0 saturated carbocycles. The summed E-state index contributed by atoms with van der Waals surface area (Å²) in [6, 6.07) is 22.1. The van der Waals surface area contributed by atoms with Crippen molar-refractivity contribution in [1.82, 2.24) is 0 Å². The van der Waals surface area contributed by atoms with Crippen molar-refractivity contribution >= 4 is 36.2 Å². The van der Waals surface area contributed by atoms with Crippen LogP contribution < -0.4 is 0 Å². The third-order valence-electron chi connectivity index (χ3n) is 5.62. The van der Waals surface area contributed by atoms with Crippen LogP contribution in [0.4, 0.5) is 0 Å². The zero-order valence-corrected chi connectivity index (χ0v) is 21.8. The number of thioether (sulfide) groups is 1. The summed E-state index contributed by atoms with van der Waals surface area (Å²) < 4.78 is 6.33. The van der Waals surface area contributed by atoms with Crippen LogP contribution in [0.15, 0.2) is 68.5 Å². The minimum absolute atomic E-state index is 1.32. The van der Waals surface area contributed by atoms with Gasteiger partial charge >= 0.3 is 183 Å². The molecule has 0 bridgehead atoms. The first kappa shape index (κ1) is 23.6. The molecule has 2 aromatic rings. The van der Waals surface area contributed by atoms with E-state index in [9.17, 15) is 0 Å². The molecule has 0 atom stereocenters. The van der Waals surface area contributed by atoms with Crippen LogP contribution in [0.1, 0.15) is 64.9 Å². The fourth-order valence-corrected chi connectivity index (χ4v) is 24.2. The summed E-state index contributed by atoms with van der Waals surface area (Å²) in [4.78, 5) is 1.41. The molecule has 0 nitrogen and oxygen atoms in total. The van der Waals surface area contributed by atoms with Gasteiger partial charge in [-0.25, -0.2) is 0 Å². The van der Waals surface area contributed by atoms with Crippen molar-refractivity contribution < 1.29 is 0 Å². The molecule has 0 heterocycles. The van der Waals surface area contributed by atoms with E-state index < -0.39 is 18.4 Å². The SMILES string of the molecule is CCC[CH2][Sn]([CH2]CCC)([CH2]CCC)/[C](=C\c1ccccc1)Sc1ccccc1. The summed E-state index contributed by atoms with van der Waals surface area (Å²) in [5, 5.41) is 0. The second kappa shape index (κ2) is 13.5. The number of rotatable bonds is 13. The number of hydrogen-bond acceptors (Lipinski definition) is 1. The fraction of sp³-hybridized carbons (Fsp3) is 0.462. The summed E-state index contributed by atoms with van der Waals surface area (Å²) in [5.74, 6) is 0. The third kappa shape index (κ3) is 7.63. The zero-order valence-electron chi connectivity index (χ0n) is 18.1. The van der Waals surface area contributed by atoms with E-state index in [0.717, 1.165) is 0 Å². The quantitative estimate of drug-likeness (QED) is 0.195. The normalized spacial score (nSPS) is 12.3. The van der Waals surface area contributed by atoms with Crippen molar-refractivity contribution in [2.45, 2.75) is 77.5 Å². The van der Waals surface area contributed by atoms with Crippen molar-refractivity contribution in [3.63, 3.8) is 0 Å². The molecule has 0 N–H and O–H groups in total. The van der Waals surface area contributed by atoms with Gasteiger partial charge in [0, 0.05) is 0 Å². The molecule has 0 aliphatic carbocycles. The van der Waals surface area contributed by atoms with Crippen LogP contribution >= 0.6 is 11.8 Å². The number of hydrogen-bond donors (Lipinski definition) is 0. The van der Waals surface area contributed by atoms with Crippen LogP contribution in [-0.4, -0.2) is 18.4 Å². The molecule has 0 aromatic heterocycles. The fourth-order valence-electron chi connectivity index (χ4n) is 3.90. The van der Waals surface area contributed by atoms with Gasteiger partial charge < -0.3 is 0 Å². The van der Waals surface area contributed by atoms with Crippen molar-refractivity contribution in [1.29, 1.82) is 0 Å². The minimum atomic E-state index is -2.47. The van der Waals surface area contributed by atoms with Crippen molar-refractivity contribution in [3.05, 3.63) is 69.1 Å². The topological polar surface area (TPSA) is 0 Å². The van der Waals surface area contributed by atoms with Gasteiger partial charge in [-0.05, 0) is 0 Å². The van der Waals surface area contributed by atoms with E-state index in [0.29, 0.717) is 0 Å². The van der Waals surface area contributed by atoms with Gasteiger partial charge in [-0.2, -0.15) is 0 Å². The Bertz CT molecular complexity index is 656. The van der Waals surface area contributed by atoms with Crippen LogP contribution in [0.25, 0.3) is 6.08 Å². The summed E-state index contributed by atoms with van der Waals surface area (Å²) in [6.45, 7) is 7.09. The average molecular weight is 501 g/mol. The second-order valence-electron chi connectivity index (χ2n) is 7.93. The molecule has 0 saturated heterocycles. The standard InChI is InChI=1S/C14H11S.3C4H9.Sn/c1-3-7-13(8-4-1)11-12-15-14-9-5-2-6-10-14;3*1-3-4-2;/h1-11H;3*1,3-4H2,2H3;. The van der Waals surface area contributed by atoms with Crippen LogP contribution in [0.5, 0.6) is 0 Å². The maximum absolute atomic E-state index is 2.58. The summed E-state index contributed by atoms with van der Waals surface area (Å²) in [5.41, 5.74) is 1.38. The molecule has 152 valence electrons. The van der Waals surface area contributed by atoms with E-state index >= 15 is 0 Å². The van der Waals surface area contributed by atoms with E-state index in [2.05, 4.69) is 99.3 Å². The molecule has 0 amide bonds. The van der Waals surface area contributed by atoms with E-state index in [-0.39, 0.29) is 0 Å². The number of benzene rings is 2. The Kier molecular flexibility index (Phi) is 11.4. The van der Waals surface area contributed by atoms with Gasteiger partial charge in [-0.15, -0.1) is 0 Å². The molecule has 0 radical (unpaired) electrons. The molecular formula is C26H38SSn. The van der Waals surface area contributed by atoms with Crippen molar-refractivity contribution in [3.8, 4) is 0 Å². The van der Waals surface area contributed by atoms with Gasteiger partial charge in [0.1, 0.15) is 0 Å². The monoisotopic (exact) mass is 502 g/mol. The maximum atomic E-state index is 2.58. The first-order valence-corrected chi connectivity index (χ1v) is 19.5. The van der Waals surface area contributed by atoms with Crippen molar-refractivity contribution in [2.24, 2.45) is 0 Å². The molecule has 2 aromatic carbocycles. The zero-order chi connectivity index (χ0) is 20.1. The second-order valence-corrected chi connectivity index (χ2v) is 23.2. The molecule has 2 heteroatoms. The van der Waals surface area contributed by atoms with E-state index in [4.69, 9.17) is 0 Å². The van der Waals surface area contributed by atoms with Gasteiger partial charge in [0.2, 0.25) is 0 Å². The van der Waals surface area contributed by atoms with Gasteiger partial charge in [0.25, 0.3) is 0 Å².